The zero-order valence-corrected chi connectivity index (χ0v) is 10.1. The van der Waals surface area contributed by atoms with Gasteiger partial charge in [-0.1, -0.05) is 0 Å². The van der Waals surface area contributed by atoms with Crippen molar-refractivity contribution in [2.45, 2.75) is 6.04 Å². The summed E-state index contributed by atoms with van der Waals surface area (Å²) in [5.74, 6) is -1.75. The number of morpholine rings is 1. The molecule has 2 rings (SSSR count). The van der Waals surface area contributed by atoms with Crippen LogP contribution in [0.5, 0.6) is 0 Å². The number of halogens is 1. The number of amides is 2. The highest BCUT2D eigenvalue weighted by Crippen LogP contribution is 2.16. The average Bonchev–Trinajstić information content (AvgIpc) is 2.36. The lowest BCUT2D eigenvalue weighted by Gasteiger charge is -2.33. The second-order valence-electron chi connectivity index (χ2n) is 4.26. The molecule has 102 valence electrons. The number of benzene rings is 1. The molecule has 1 aromatic rings. The van der Waals surface area contributed by atoms with Crippen molar-refractivity contribution in [3.63, 3.8) is 0 Å². The van der Waals surface area contributed by atoms with Crippen LogP contribution in [0.3, 0.4) is 0 Å². The molecule has 1 aliphatic rings. The van der Waals surface area contributed by atoms with Gasteiger partial charge in [0.1, 0.15) is 11.9 Å². The molecule has 0 spiro atoms. The molecular weight excluding hydrogens is 253 g/mol. The summed E-state index contributed by atoms with van der Waals surface area (Å²) in [4.78, 5) is 24.8. The van der Waals surface area contributed by atoms with Crippen LogP contribution in [0.25, 0.3) is 0 Å². The number of nitrogens with two attached hydrogens (primary N) is 2. The Morgan fingerprint density at radius 3 is 2.74 bits per heavy atom. The van der Waals surface area contributed by atoms with Gasteiger partial charge < -0.3 is 21.1 Å². The Hall–Kier alpha value is -2.15. The summed E-state index contributed by atoms with van der Waals surface area (Å²) < 4.78 is 18.4. The van der Waals surface area contributed by atoms with Crippen molar-refractivity contribution >= 4 is 17.5 Å². The minimum absolute atomic E-state index is 0.0475. The summed E-state index contributed by atoms with van der Waals surface area (Å²) in [5, 5.41) is 0. The Labute approximate surface area is 109 Å². The van der Waals surface area contributed by atoms with Crippen LogP contribution in [0, 0.1) is 5.82 Å². The lowest BCUT2D eigenvalue weighted by atomic mass is 10.1. The summed E-state index contributed by atoms with van der Waals surface area (Å²) in [6.07, 6.45) is 0. The van der Waals surface area contributed by atoms with E-state index in [2.05, 4.69) is 0 Å². The lowest BCUT2D eigenvalue weighted by molar-refractivity contribution is -0.127. The Morgan fingerprint density at radius 2 is 2.11 bits per heavy atom. The summed E-state index contributed by atoms with van der Waals surface area (Å²) in [7, 11) is 0. The number of carbonyl (C=O) groups excluding carboxylic acids is 2. The first-order chi connectivity index (χ1) is 8.99. The van der Waals surface area contributed by atoms with Gasteiger partial charge in [-0.15, -0.1) is 0 Å². The van der Waals surface area contributed by atoms with Gasteiger partial charge in [0.05, 0.1) is 13.2 Å². The molecule has 0 saturated carbocycles. The fraction of sp³-hybridized carbons (Fsp3) is 0.333. The Kier molecular flexibility index (Phi) is 3.66. The van der Waals surface area contributed by atoms with Crippen LogP contribution >= 0.6 is 0 Å². The molecule has 19 heavy (non-hydrogen) atoms. The molecule has 1 atom stereocenters. The van der Waals surface area contributed by atoms with Crippen molar-refractivity contribution in [2.24, 2.45) is 5.73 Å². The normalized spacial score (nSPS) is 19.2. The summed E-state index contributed by atoms with van der Waals surface area (Å²) in [6.45, 7) is 0.578. The van der Waals surface area contributed by atoms with Crippen molar-refractivity contribution in [1.29, 1.82) is 0 Å². The largest absolute Gasteiger partial charge is 0.399 e. The predicted molar refractivity (Wildman–Crippen MR) is 65.7 cm³/mol. The van der Waals surface area contributed by atoms with Crippen LogP contribution < -0.4 is 11.5 Å². The molecule has 1 fully saturated rings. The number of carbonyl (C=O) groups is 2. The molecule has 0 bridgehead atoms. The highest BCUT2D eigenvalue weighted by Gasteiger charge is 2.32. The van der Waals surface area contributed by atoms with Crippen LogP contribution in [-0.2, 0) is 9.53 Å². The first kappa shape index (κ1) is 13.3. The van der Waals surface area contributed by atoms with Gasteiger partial charge in [0.2, 0.25) is 5.91 Å². The first-order valence-corrected chi connectivity index (χ1v) is 5.73. The highest BCUT2D eigenvalue weighted by molar-refractivity contribution is 5.98. The van der Waals surface area contributed by atoms with Crippen LogP contribution in [0.4, 0.5) is 10.1 Å². The molecule has 1 unspecified atom stereocenters. The molecule has 0 radical (unpaired) electrons. The predicted octanol–water partition coefficient (Wildman–Crippen LogP) is -0.266. The Morgan fingerprint density at radius 1 is 1.37 bits per heavy atom. The zero-order chi connectivity index (χ0) is 14.0. The van der Waals surface area contributed by atoms with Gasteiger partial charge in [0.15, 0.2) is 0 Å². The maximum atomic E-state index is 13.2. The molecule has 0 aliphatic carbocycles. The summed E-state index contributed by atoms with van der Waals surface area (Å²) in [5.41, 5.74) is 10.9. The molecule has 1 heterocycles. The SMILES string of the molecule is NC(=O)C1COCCN1C(=O)c1cc(N)cc(F)c1. The van der Waals surface area contributed by atoms with E-state index in [1.165, 1.54) is 11.0 Å². The van der Waals surface area contributed by atoms with E-state index in [0.29, 0.717) is 6.61 Å². The van der Waals surface area contributed by atoms with Crippen LogP contribution in [-0.4, -0.2) is 42.5 Å². The third kappa shape index (κ3) is 2.82. The molecule has 1 aromatic carbocycles. The topological polar surface area (TPSA) is 98.7 Å². The number of hydrogen-bond acceptors (Lipinski definition) is 4. The molecule has 2 amide bonds. The van der Waals surface area contributed by atoms with E-state index >= 15 is 0 Å². The number of ether oxygens (including phenoxy) is 1. The van der Waals surface area contributed by atoms with E-state index in [0.717, 1.165) is 12.1 Å². The number of nitrogens with zero attached hydrogens (tertiary/aromatic N) is 1. The number of primary amides is 1. The second-order valence-corrected chi connectivity index (χ2v) is 4.26. The number of hydrogen-bond donors (Lipinski definition) is 2. The number of nitrogen functional groups attached to an aromatic ring is 1. The van der Waals surface area contributed by atoms with Crippen molar-refractivity contribution < 1.29 is 18.7 Å². The lowest BCUT2D eigenvalue weighted by Crippen LogP contribution is -2.54. The smallest absolute Gasteiger partial charge is 0.254 e. The number of anilines is 1. The van der Waals surface area contributed by atoms with Crippen molar-refractivity contribution in [1.82, 2.24) is 4.90 Å². The third-order valence-electron chi connectivity index (χ3n) is 2.88. The van der Waals surface area contributed by atoms with Gasteiger partial charge in [0, 0.05) is 17.8 Å². The van der Waals surface area contributed by atoms with Crippen molar-refractivity contribution in [3.8, 4) is 0 Å². The van der Waals surface area contributed by atoms with E-state index in [1.54, 1.807) is 0 Å². The number of rotatable bonds is 2. The second kappa shape index (κ2) is 5.23. The van der Waals surface area contributed by atoms with E-state index < -0.39 is 23.7 Å². The quantitative estimate of drug-likeness (QED) is 0.721. The fourth-order valence-electron chi connectivity index (χ4n) is 1.98. The molecule has 4 N–H and O–H groups in total. The Balaban J connectivity index is 2.28. The fourth-order valence-corrected chi connectivity index (χ4v) is 1.98. The Bertz CT molecular complexity index is 501. The van der Waals surface area contributed by atoms with Gasteiger partial charge in [-0.3, -0.25) is 9.59 Å². The minimum atomic E-state index is -0.842. The minimum Gasteiger partial charge on any atom is -0.399 e. The van der Waals surface area contributed by atoms with E-state index in [9.17, 15) is 14.0 Å². The zero-order valence-electron chi connectivity index (χ0n) is 10.1. The van der Waals surface area contributed by atoms with Gasteiger partial charge in [-0.2, -0.15) is 0 Å². The molecule has 1 saturated heterocycles. The van der Waals surface area contributed by atoms with Gasteiger partial charge in [-0.05, 0) is 18.2 Å². The van der Waals surface area contributed by atoms with Crippen molar-refractivity contribution in [3.05, 3.63) is 29.6 Å². The van der Waals surface area contributed by atoms with E-state index in [4.69, 9.17) is 16.2 Å². The average molecular weight is 267 g/mol. The highest BCUT2D eigenvalue weighted by atomic mass is 19.1. The van der Waals surface area contributed by atoms with Crippen molar-refractivity contribution in [2.75, 3.05) is 25.5 Å². The molecule has 6 nitrogen and oxygen atoms in total. The maximum absolute atomic E-state index is 13.2. The maximum Gasteiger partial charge on any atom is 0.254 e. The standard InChI is InChI=1S/C12H14FN3O3/c13-8-3-7(4-9(14)5-8)12(18)16-1-2-19-6-10(16)11(15)17/h3-5,10H,1-2,6,14H2,(H2,15,17). The molecule has 0 aromatic heterocycles. The van der Waals surface area contributed by atoms with Gasteiger partial charge in [0.25, 0.3) is 5.91 Å². The van der Waals surface area contributed by atoms with Crippen LogP contribution in [0.1, 0.15) is 10.4 Å². The van der Waals surface area contributed by atoms with E-state index in [1.807, 2.05) is 0 Å². The van der Waals surface area contributed by atoms with E-state index in [-0.39, 0.29) is 24.4 Å². The van der Waals surface area contributed by atoms with Crippen LogP contribution in [0.2, 0.25) is 0 Å². The summed E-state index contributed by atoms with van der Waals surface area (Å²) in [6, 6.07) is 2.71. The molecule has 1 aliphatic heterocycles. The summed E-state index contributed by atoms with van der Waals surface area (Å²) >= 11 is 0. The van der Waals surface area contributed by atoms with Crippen LogP contribution in [0.15, 0.2) is 18.2 Å². The molecular formula is C12H14FN3O3. The van der Waals surface area contributed by atoms with Gasteiger partial charge in [-0.25, -0.2) is 4.39 Å². The monoisotopic (exact) mass is 267 g/mol. The first-order valence-electron chi connectivity index (χ1n) is 5.73. The molecule has 7 heteroatoms. The third-order valence-corrected chi connectivity index (χ3v) is 2.88. The van der Waals surface area contributed by atoms with Gasteiger partial charge >= 0.3 is 0 Å².